The molecular formula is C29H25ClFNO6. The Bertz CT molecular complexity index is 1620. The van der Waals surface area contributed by atoms with Gasteiger partial charge in [0.05, 0.1) is 42.8 Å². The standard InChI is InChI=1S/C29H25ClFNO6/c1-15(2)14-37-23-8-5-16(11-24(23)36-4)26-25-27(33)19-12-17(31)6-9-21(19)38-28(25)29(34)32(26)18-7-10-22(35-3)20(30)13-18/h5-13,15,26H,14H2,1-4H3. The molecule has 0 N–H and O–H groups in total. The van der Waals surface area contributed by atoms with Crippen molar-refractivity contribution in [2.24, 2.45) is 5.92 Å². The third-order valence-corrected chi connectivity index (χ3v) is 6.62. The van der Waals surface area contributed by atoms with Crippen LogP contribution in [-0.2, 0) is 0 Å². The maximum atomic E-state index is 14.1. The van der Waals surface area contributed by atoms with E-state index in [-0.39, 0.29) is 27.3 Å². The molecule has 1 atom stereocenters. The first-order chi connectivity index (χ1) is 18.2. The van der Waals surface area contributed by atoms with E-state index in [4.69, 9.17) is 30.2 Å². The molecule has 9 heteroatoms. The van der Waals surface area contributed by atoms with Crippen molar-refractivity contribution < 1.29 is 27.8 Å². The van der Waals surface area contributed by atoms with Gasteiger partial charge in [0.1, 0.15) is 17.1 Å². The molecule has 1 amide bonds. The molecule has 4 aromatic rings. The predicted molar refractivity (Wildman–Crippen MR) is 142 cm³/mol. The highest BCUT2D eigenvalue weighted by Crippen LogP contribution is 2.44. The van der Waals surface area contributed by atoms with Crippen molar-refractivity contribution >= 4 is 34.2 Å². The molecule has 0 bridgehead atoms. The maximum Gasteiger partial charge on any atom is 0.295 e. The monoisotopic (exact) mass is 537 g/mol. The summed E-state index contributed by atoms with van der Waals surface area (Å²) in [6, 6.07) is 12.8. The number of amides is 1. The van der Waals surface area contributed by atoms with Gasteiger partial charge < -0.3 is 18.6 Å². The number of rotatable bonds is 7. The van der Waals surface area contributed by atoms with Crippen LogP contribution in [0.4, 0.5) is 10.1 Å². The number of carbonyl (C=O) groups excluding carboxylic acids is 1. The first kappa shape index (κ1) is 25.6. The van der Waals surface area contributed by atoms with Gasteiger partial charge in [-0.2, -0.15) is 0 Å². The Hall–Kier alpha value is -4.04. The number of carbonyl (C=O) groups is 1. The summed E-state index contributed by atoms with van der Waals surface area (Å²) in [7, 11) is 3.00. The average Bonchev–Trinajstić information content (AvgIpc) is 3.20. The van der Waals surface area contributed by atoms with Crippen molar-refractivity contribution in [2.45, 2.75) is 19.9 Å². The van der Waals surface area contributed by atoms with Crippen LogP contribution >= 0.6 is 11.6 Å². The molecule has 1 aromatic heterocycles. The highest BCUT2D eigenvalue weighted by atomic mass is 35.5. The van der Waals surface area contributed by atoms with Crippen LogP contribution in [0.5, 0.6) is 17.2 Å². The van der Waals surface area contributed by atoms with E-state index >= 15 is 0 Å². The normalized spacial score (nSPS) is 14.8. The lowest BCUT2D eigenvalue weighted by atomic mass is 9.97. The number of benzene rings is 3. The van der Waals surface area contributed by atoms with Crippen molar-refractivity contribution in [3.8, 4) is 17.2 Å². The second kappa shape index (κ2) is 10.0. The van der Waals surface area contributed by atoms with Gasteiger partial charge in [0.15, 0.2) is 16.9 Å². The number of hydrogen-bond acceptors (Lipinski definition) is 6. The third-order valence-electron chi connectivity index (χ3n) is 6.32. The summed E-state index contributed by atoms with van der Waals surface area (Å²) >= 11 is 6.40. The number of anilines is 1. The van der Waals surface area contributed by atoms with Gasteiger partial charge in [-0.15, -0.1) is 0 Å². The van der Waals surface area contributed by atoms with Crippen LogP contribution in [0.25, 0.3) is 11.0 Å². The van der Waals surface area contributed by atoms with E-state index in [0.717, 1.165) is 6.07 Å². The Morgan fingerprint density at radius 2 is 1.71 bits per heavy atom. The first-order valence-corrected chi connectivity index (χ1v) is 12.3. The molecule has 38 heavy (non-hydrogen) atoms. The fourth-order valence-electron chi connectivity index (χ4n) is 4.56. The Morgan fingerprint density at radius 1 is 0.974 bits per heavy atom. The van der Waals surface area contributed by atoms with Crippen LogP contribution in [0.2, 0.25) is 5.02 Å². The summed E-state index contributed by atoms with van der Waals surface area (Å²) < 4.78 is 36.7. The van der Waals surface area contributed by atoms with E-state index < -0.39 is 23.2 Å². The molecule has 0 saturated heterocycles. The first-order valence-electron chi connectivity index (χ1n) is 12.0. The van der Waals surface area contributed by atoms with E-state index in [2.05, 4.69) is 0 Å². The van der Waals surface area contributed by atoms with Crippen LogP contribution < -0.4 is 24.5 Å². The molecule has 5 rings (SSSR count). The molecule has 3 aromatic carbocycles. The van der Waals surface area contributed by atoms with Gasteiger partial charge in [0.2, 0.25) is 5.76 Å². The minimum atomic E-state index is -0.904. The quantitative estimate of drug-likeness (QED) is 0.272. The second-order valence-electron chi connectivity index (χ2n) is 9.33. The largest absolute Gasteiger partial charge is 0.495 e. The molecular weight excluding hydrogens is 513 g/mol. The lowest BCUT2D eigenvalue weighted by Gasteiger charge is -2.26. The van der Waals surface area contributed by atoms with E-state index in [1.165, 1.54) is 31.3 Å². The number of ether oxygens (including phenoxy) is 3. The lowest BCUT2D eigenvalue weighted by Crippen LogP contribution is -2.29. The molecule has 0 spiro atoms. The van der Waals surface area contributed by atoms with Crippen molar-refractivity contribution in [1.29, 1.82) is 0 Å². The molecule has 1 unspecified atom stereocenters. The Kier molecular flexibility index (Phi) is 6.75. The van der Waals surface area contributed by atoms with Crippen LogP contribution in [0.15, 0.2) is 63.8 Å². The lowest BCUT2D eigenvalue weighted by molar-refractivity contribution is 0.0971. The Balaban J connectivity index is 1.73. The molecule has 0 radical (unpaired) electrons. The number of hydrogen-bond donors (Lipinski definition) is 0. The molecule has 7 nitrogen and oxygen atoms in total. The van der Waals surface area contributed by atoms with Crippen LogP contribution in [-0.4, -0.2) is 26.7 Å². The van der Waals surface area contributed by atoms with Gasteiger partial charge in [-0.25, -0.2) is 4.39 Å². The number of fused-ring (bicyclic) bond motifs is 2. The van der Waals surface area contributed by atoms with Crippen molar-refractivity contribution in [2.75, 3.05) is 25.7 Å². The van der Waals surface area contributed by atoms with Gasteiger partial charge in [-0.1, -0.05) is 31.5 Å². The predicted octanol–water partition coefficient (Wildman–Crippen LogP) is 6.39. The van der Waals surface area contributed by atoms with E-state index in [0.29, 0.717) is 41.0 Å². The average molecular weight is 538 g/mol. The molecule has 196 valence electrons. The van der Waals surface area contributed by atoms with Crippen LogP contribution in [0.3, 0.4) is 0 Å². The fraction of sp³-hybridized carbons (Fsp3) is 0.241. The van der Waals surface area contributed by atoms with Gasteiger partial charge in [0.25, 0.3) is 5.91 Å². The minimum absolute atomic E-state index is 0.0417. The number of halogens is 2. The second-order valence-corrected chi connectivity index (χ2v) is 9.73. The summed E-state index contributed by atoms with van der Waals surface area (Å²) in [6.45, 7) is 4.55. The maximum absolute atomic E-state index is 14.1. The van der Waals surface area contributed by atoms with Gasteiger partial charge in [-0.3, -0.25) is 14.5 Å². The van der Waals surface area contributed by atoms with Crippen molar-refractivity contribution in [3.05, 3.63) is 92.5 Å². The van der Waals surface area contributed by atoms with E-state index in [9.17, 15) is 14.0 Å². The molecule has 1 aliphatic heterocycles. The zero-order valence-electron chi connectivity index (χ0n) is 21.2. The Morgan fingerprint density at radius 3 is 2.39 bits per heavy atom. The third kappa shape index (κ3) is 4.35. The zero-order chi connectivity index (χ0) is 27.1. The molecule has 2 heterocycles. The summed E-state index contributed by atoms with van der Waals surface area (Å²) in [5, 5.41) is 0.328. The van der Waals surface area contributed by atoms with Crippen molar-refractivity contribution in [1.82, 2.24) is 0 Å². The zero-order valence-corrected chi connectivity index (χ0v) is 22.0. The van der Waals surface area contributed by atoms with E-state index in [1.54, 1.807) is 36.4 Å². The number of methoxy groups -OCH3 is 2. The molecule has 0 aliphatic carbocycles. The Labute approximate surface area is 223 Å². The summed E-state index contributed by atoms with van der Waals surface area (Å²) in [6.07, 6.45) is 0. The SMILES string of the molecule is COc1ccc(N2C(=O)c3oc4ccc(F)cc4c(=O)c3C2c2ccc(OCC(C)C)c(OC)c2)cc1Cl. The highest BCUT2D eigenvalue weighted by Gasteiger charge is 2.44. The van der Waals surface area contributed by atoms with Gasteiger partial charge >= 0.3 is 0 Å². The van der Waals surface area contributed by atoms with Crippen LogP contribution in [0, 0.1) is 11.7 Å². The smallest absolute Gasteiger partial charge is 0.295 e. The van der Waals surface area contributed by atoms with Gasteiger partial charge in [-0.05, 0) is 60.0 Å². The number of nitrogens with zero attached hydrogens (tertiary/aromatic N) is 1. The summed E-state index contributed by atoms with van der Waals surface area (Å²) in [4.78, 5) is 29.0. The minimum Gasteiger partial charge on any atom is -0.495 e. The topological polar surface area (TPSA) is 78.2 Å². The molecule has 1 aliphatic rings. The molecule has 0 fully saturated rings. The van der Waals surface area contributed by atoms with Crippen LogP contribution in [0.1, 0.15) is 41.6 Å². The molecule has 0 saturated carbocycles. The van der Waals surface area contributed by atoms with E-state index in [1.807, 2.05) is 13.8 Å². The summed E-state index contributed by atoms with van der Waals surface area (Å²) in [5.41, 5.74) is 0.705. The van der Waals surface area contributed by atoms with Gasteiger partial charge in [0, 0.05) is 5.69 Å². The summed E-state index contributed by atoms with van der Waals surface area (Å²) in [5.74, 6) is 0.456. The fourth-order valence-corrected chi connectivity index (χ4v) is 4.81. The van der Waals surface area contributed by atoms with Crippen molar-refractivity contribution in [3.63, 3.8) is 0 Å². The highest BCUT2D eigenvalue weighted by molar-refractivity contribution is 6.32.